The molecule has 7 nitrogen and oxygen atoms in total. The molecule has 1 aliphatic heterocycles. The molecular formula is C16H16BrN5O2S3. The highest BCUT2D eigenvalue weighted by Gasteiger charge is 2.29. The molecule has 11 heteroatoms. The Bertz CT molecular complexity index is 1010. The second-order valence-corrected chi connectivity index (χ2v) is 11.4. The van der Waals surface area contributed by atoms with Gasteiger partial charge in [0, 0.05) is 50.5 Å². The van der Waals surface area contributed by atoms with E-state index in [2.05, 4.69) is 35.8 Å². The van der Waals surface area contributed by atoms with Crippen LogP contribution in [-0.4, -0.2) is 58.8 Å². The van der Waals surface area contributed by atoms with Gasteiger partial charge in [0.2, 0.25) is 0 Å². The highest BCUT2D eigenvalue weighted by Crippen LogP contribution is 2.29. The molecule has 4 rings (SSSR count). The highest BCUT2D eigenvalue weighted by atomic mass is 79.9. The number of aromatic nitrogens is 3. The standard InChI is InChI=1S/C16H16BrN5O2S3/c17-13-2-3-14(26-13)27(23,24)22-8-6-21(7-9-22)10-12-11-25-16(20-12)15-18-4-1-5-19-15/h1-5,11H,6-10H2. The summed E-state index contributed by atoms with van der Waals surface area (Å²) in [5.74, 6) is 0.631. The summed E-state index contributed by atoms with van der Waals surface area (Å²) in [5.41, 5.74) is 0.959. The Hall–Kier alpha value is -1.24. The average Bonchev–Trinajstić information content (AvgIpc) is 3.32. The first-order valence-electron chi connectivity index (χ1n) is 8.22. The van der Waals surface area contributed by atoms with Crippen LogP contribution in [0, 0.1) is 0 Å². The topological polar surface area (TPSA) is 79.3 Å². The van der Waals surface area contributed by atoms with Crippen LogP contribution in [0.3, 0.4) is 0 Å². The average molecular weight is 486 g/mol. The molecule has 27 heavy (non-hydrogen) atoms. The van der Waals surface area contributed by atoms with Gasteiger partial charge in [0.15, 0.2) is 10.8 Å². The summed E-state index contributed by atoms with van der Waals surface area (Å²) in [6.45, 7) is 3.02. The molecule has 1 fully saturated rings. The van der Waals surface area contributed by atoms with E-state index in [1.54, 1.807) is 34.9 Å². The Labute approximate surface area is 173 Å². The van der Waals surface area contributed by atoms with Crippen LogP contribution < -0.4 is 0 Å². The van der Waals surface area contributed by atoms with E-state index in [0.717, 1.165) is 14.5 Å². The van der Waals surface area contributed by atoms with E-state index < -0.39 is 10.0 Å². The molecule has 0 atom stereocenters. The van der Waals surface area contributed by atoms with Crippen molar-refractivity contribution in [1.82, 2.24) is 24.2 Å². The zero-order valence-corrected chi connectivity index (χ0v) is 18.2. The van der Waals surface area contributed by atoms with Gasteiger partial charge in [-0.1, -0.05) is 0 Å². The molecule has 0 unspecified atom stereocenters. The lowest BCUT2D eigenvalue weighted by atomic mass is 10.3. The van der Waals surface area contributed by atoms with Gasteiger partial charge < -0.3 is 0 Å². The van der Waals surface area contributed by atoms with Crippen molar-refractivity contribution in [1.29, 1.82) is 0 Å². The third-order valence-corrected chi connectivity index (χ3v) is 9.05. The predicted octanol–water partition coefficient (Wildman–Crippen LogP) is 2.93. The van der Waals surface area contributed by atoms with Crippen LogP contribution in [0.15, 0.2) is 44.0 Å². The molecule has 0 spiro atoms. The molecule has 3 aromatic heterocycles. The van der Waals surface area contributed by atoms with Gasteiger partial charge >= 0.3 is 0 Å². The maximum atomic E-state index is 12.7. The number of piperazine rings is 1. The van der Waals surface area contributed by atoms with E-state index in [-0.39, 0.29) is 0 Å². The van der Waals surface area contributed by atoms with Crippen LogP contribution >= 0.6 is 38.6 Å². The zero-order chi connectivity index (χ0) is 18.9. The number of thiophene rings is 1. The van der Waals surface area contributed by atoms with Gasteiger partial charge in [0.05, 0.1) is 9.48 Å². The Kier molecular flexibility index (Phi) is 5.67. The lowest BCUT2D eigenvalue weighted by molar-refractivity contribution is 0.180. The van der Waals surface area contributed by atoms with Gasteiger partial charge in [-0.25, -0.2) is 23.4 Å². The first-order chi connectivity index (χ1) is 13.0. The van der Waals surface area contributed by atoms with E-state index in [1.807, 2.05) is 5.38 Å². The smallest absolute Gasteiger partial charge is 0.252 e. The van der Waals surface area contributed by atoms with E-state index in [9.17, 15) is 8.42 Å². The monoisotopic (exact) mass is 485 g/mol. The van der Waals surface area contributed by atoms with E-state index in [0.29, 0.717) is 42.8 Å². The first kappa shape index (κ1) is 19.1. The van der Waals surface area contributed by atoms with Gasteiger partial charge in [-0.2, -0.15) is 4.31 Å². The molecule has 1 aliphatic rings. The maximum Gasteiger partial charge on any atom is 0.252 e. The number of hydrogen-bond donors (Lipinski definition) is 0. The number of thiazole rings is 1. The molecule has 142 valence electrons. The van der Waals surface area contributed by atoms with Crippen molar-refractivity contribution in [2.24, 2.45) is 0 Å². The van der Waals surface area contributed by atoms with Gasteiger partial charge in [0.1, 0.15) is 4.21 Å². The van der Waals surface area contributed by atoms with Crippen LogP contribution in [0.5, 0.6) is 0 Å². The Morgan fingerprint density at radius 3 is 2.52 bits per heavy atom. The first-order valence-corrected chi connectivity index (χ1v) is 12.1. The van der Waals surface area contributed by atoms with Crippen LogP contribution in [0.1, 0.15) is 5.69 Å². The molecule has 1 saturated heterocycles. The molecule has 0 radical (unpaired) electrons. The summed E-state index contributed by atoms with van der Waals surface area (Å²) in [5, 5.41) is 2.81. The number of nitrogens with zero attached hydrogens (tertiary/aromatic N) is 5. The van der Waals surface area contributed by atoms with Crippen LogP contribution in [0.2, 0.25) is 0 Å². The molecule has 0 aliphatic carbocycles. The quantitative estimate of drug-likeness (QED) is 0.552. The minimum Gasteiger partial charge on any atom is -0.295 e. The second kappa shape index (κ2) is 8.02. The summed E-state index contributed by atoms with van der Waals surface area (Å²) < 4.78 is 28.2. The summed E-state index contributed by atoms with van der Waals surface area (Å²) in [7, 11) is -3.40. The fraction of sp³-hybridized carbons (Fsp3) is 0.312. The molecule has 0 aromatic carbocycles. The van der Waals surface area contributed by atoms with Crippen molar-refractivity contribution in [2.45, 2.75) is 10.8 Å². The summed E-state index contributed by atoms with van der Waals surface area (Å²) in [4.78, 5) is 15.3. The minimum atomic E-state index is -3.40. The number of halogens is 1. The fourth-order valence-electron chi connectivity index (χ4n) is 2.81. The molecule has 0 bridgehead atoms. The number of rotatable bonds is 5. The fourth-order valence-corrected chi connectivity index (χ4v) is 7.15. The third-order valence-electron chi connectivity index (χ3n) is 4.17. The highest BCUT2D eigenvalue weighted by molar-refractivity contribution is 9.11. The Morgan fingerprint density at radius 2 is 1.85 bits per heavy atom. The van der Waals surface area contributed by atoms with Crippen molar-refractivity contribution in [2.75, 3.05) is 26.2 Å². The Morgan fingerprint density at radius 1 is 1.11 bits per heavy atom. The molecule has 3 aromatic rings. The second-order valence-electron chi connectivity index (χ2n) is 5.96. The summed E-state index contributed by atoms with van der Waals surface area (Å²) >= 11 is 6.10. The largest absolute Gasteiger partial charge is 0.295 e. The zero-order valence-electron chi connectivity index (χ0n) is 14.2. The lowest BCUT2D eigenvalue weighted by Crippen LogP contribution is -2.48. The van der Waals surface area contributed by atoms with Crippen molar-refractivity contribution < 1.29 is 8.42 Å². The van der Waals surface area contributed by atoms with Crippen LogP contribution in [-0.2, 0) is 16.6 Å². The summed E-state index contributed by atoms with van der Waals surface area (Å²) in [6, 6.07) is 5.20. The van der Waals surface area contributed by atoms with Gasteiger partial charge in [-0.05, 0) is 34.1 Å². The molecule has 0 amide bonds. The van der Waals surface area contributed by atoms with Crippen LogP contribution in [0.4, 0.5) is 0 Å². The van der Waals surface area contributed by atoms with E-state index >= 15 is 0 Å². The number of hydrogen-bond acceptors (Lipinski definition) is 8. The van der Waals surface area contributed by atoms with Crippen LogP contribution in [0.25, 0.3) is 10.8 Å². The normalized spacial score (nSPS) is 16.6. The maximum absolute atomic E-state index is 12.7. The molecule has 4 heterocycles. The SMILES string of the molecule is O=S(=O)(c1ccc(Br)s1)N1CCN(Cc2csc(-c3ncccn3)n2)CC1. The Balaban J connectivity index is 1.37. The van der Waals surface area contributed by atoms with Gasteiger partial charge in [-0.15, -0.1) is 22.7 Å². The van der Waals surface area contributed by atoms with E-state index in [1.165, 1.54) is 22.7 Å². The molecular weight excluding hydrogens is 470 g/mol. The van der Waals surface area contributed by atoms with Crippen molar-refractivity contribution >= 4 is 48.6 Å². The summed E-state index contributed by atoms with van der Waals surface area (Å²) in [6.07, 6.45) is 3.41. The van der Waals surface area contributed by atoms with Crippen molar-refractivity contribution in [3.05, 3.63) is 45.5 Å². The molecule has 0 saturated carbocycles. The van der Waals surface area contributed by atoms with Gasteiger partial charge in [-0.3, -0.25) is 4.90 Å². The van der Waals surface area contributed by atoms with Crippen molar-refractivity contribution in [3.63, 3.8) is 0 Å². The van der Waals surface area contributed by atoms with Gasteiger partial charge in [0.25, 0.3) is 10.0 Å². The number of sulfonamides is 1. The third kappa shape index (κ3) is 4.28. The van der Waals surface area contributed by atoms with E-state index in [4.69, 9.17) is 0 Å². The minimum absolute atomic E-state index is 0.384. The predicted molar refractivity (Wildman–Crippen MR) is 109 cm³/mol. The van der Waals surface area contributed by atoms with Crippen molar-refractivity contribution in [3.8, 4) is 10.8 Å². The lowest BCUT2D eigenvalue weighted by Gasteiger charge is -2.33. The molecule has 0 N–H and O–H groups in total.